The first-order chi connectivity index (χ1) is 15.9. The van der Waals surface area contributed by atoms with E-state index in [0.717, 1.165) is 24.3 Å². The Balaban J connectivity index is 1.80. The third-order valence-corrected chi connectivity index (χ3v) is 5.53. The van der Waals surface area contributed by atoms with Gasteiger partial charge >= 0.3 is 5.97 Å². The van der Waals surface area contributed by atoms with Crippen molar-refractivity contribution in [2.75, 3.05) is 47.2 Å². The molecule has 0 fully saturated rings. The van der Waals surface area contributed by atoms with E-state index in [1.807, 2.05) is 31.2 Å². The Hall–Kier alpha value is -3.81. The highest BCUT2D eigenvalue weighted by atomic mass is 16.5. The molecule has 1 aliphatic heterocycles. The molecule has 3 rings (SSSR count). The summed E-state index contributed by atoms with van der Waals surface area (Å²) in [6.45, 7) is 7.78. The molecule has 0 bridgehead atoms. The van der Waals surface area contributed by atoms with Gasteiger partial charge in [-0.15, -0.1) is 0 Å². The van der Waals surface area contributed by atoms with Gasteiger partial charge in [0.25, 0.3) is 5.91 Å². The number of nitrogens with zero attached hydrogens (tertiary/aromatic N) is 2. The lowest BCUT2D eigenvalue weighted by Crippen LogP contribution is -2.37. The third-order valence-electron chi connectivity index (χ3n) is 5.53. The van der Waals surface area contributed by atoms with Crippen molar-refractivity contribution >= 4 is 40.5 Å². The lowest BCUT2D eigenvalue weighted by molar-refractivity contribution is -0.139. The molecule has 0 aromatic heterocycles. The van der Waals surface area contributed by atoms with Crippen molar-refractivity contribution in [2.45, 2.75) is 27.2 Å². The minimum absolute atomic E-state index is 0.0747. The second-order valence-corrected chi connectivity index (χ2v) is 7.71. The molecule has 0 saturated heterocycles. The molecule has 0 atom stereocenters. The molecule has 0 aliphatic carbocycles. The fourth-order valence-electron chi connectivity index (χ4n) is 3.76. The summed E-state index contributed by atoms with van der Waals surface area (Å²) in [4.78, 5) is 41.2. The van der Waals surface area contributed by atoms with Gasteiger partial charge < -0.3 is 20.3 Å². The van der Waals surface area contributed by atoms with Gasteiger partial charge in [-0.1, -0.05) is 12.1 Å². The van der Waals surface area contributed by atoms with E-state index >= 15 is 0 Å². The standard InChI is InChI=1S/C25H30N4O4/c1-5-28(6-2)19-11-12-20(17(3)13-19)27-23(30)16-29-22-10-8-7-9-21(22)26-18(14-24(29)31)15-25(32)33-4/h7-14,26H,5-6,15-16H2,1-4H3,(H,27,30). The van der Waals surface area contributed by atoms with Crippen LogP contribution in [-0.2, 0) is 19.1 Å². The number of benzene rings is 2. The summed E-state index contributed by atoms with van der Waals surface area (Å²) < 4.78 is 4.71. The van der Waals surface area contributed by atoms with Crippen molar-refractivity contribution in [2.24, 2.45) is 0 Å². The molecule has 33 heavy (non-hydrogen) atoms. The van der Waals surface area contributed by atoms with Crippen LogP contribution in [0.3, 0.4) is 0 Å². The maximum atomic E-state index is 13.0. The molecule has 0 saturated carbocycles. The Morgan fingerprint density at radius 2 is 1.85 bits per heavy atom. The van der Waals surface area contributed by atoms with Gasteiger partial charge in [0.05, 0.1) is 24.9 Å². The van der Waals surface area contributed by atoms with Crippen LogP contribution in [0.5, 0.6) is 0 Å². The molecular formula is C25H30N4O4. The second kappa shape index (κ2) is 10.7. The molecule has 2 aromatic rings. The number of methoxy groups -OCH3 is 1. The summed E-state index contributed by atoms with van der Waals surface area (Å²) in [7, 11) is 1.29. The van der Waals surface area contributed by atoms with Crippen LogP contribution in [0.2, 0.25) is 0 Å². The van der Waals surface area contributed by atoms with Crippen LogP contribution in [0, 0.1) is 6.92 Å². The number of hydrogen-bond acceptors (Lipinski definition) is 6. The number of ether oxygens (including phenoxy) is 1. The number of esters is 1. The predicted molar refractivity (Wildman–Crippen MR) is 131 cm³/mol. The average Bonchev–Trinajstić information content (AvgIpc) is 2.92. The van der Waals surface area contributed by atoms with Crippen LogP contribution in [0.25, 0.3) is 0 Å². The lowest BCUT2D eigenvalue weighted by Gasteiger charge is -2.23. The molecule has 2 aromatic carbocycles. The quantitative estimate of drug-likeness (QED) is 0.596. The minimum Gasteiger partial charge on any atom is -0.469 e. The highest BCUT2D eigenvalue weighted by Gasteiger charge is 2.25. The number of carbonyl (C=O) groups is 3. The second-order valence-electron chi connectivity index (χ2n) is 7.71. The number of para-hydroxylation sites is 2. The Kier molecular flexibility index (Phi) is 7.71. The normalized spacial score (nSPS) is 12.8. The van der Waals surface area contributed by atoms with Gasteiger partial charge in [-0.25, -0.2) is 0 Å². The van der Waals surface area contributed by atoms with Crippen molar-refractivity contribution < 1.29 is 19.1 Å². The molecule has 8 nitrogen and oxygen atoms in total. The number of nitrogens with one attached hydrogen (secondary N) is 2. The molecule has 2 amide bonds. The van der Waals surface area contributed by atoms with Crippen LogP contribution < -0.4 is 20.4 Å². The van der Waals surface area contributed by atoms with Gasteiger partial charge in [-0.2, -0.15) is 0 Å². The number of amides is 2. The fourth-order valence-corrected chi connectivity index (χ4v) is 3.76. The first kappa shape index (κ1) is 23.8. The molecule has 8 heteroatoms. The molecule has 1 heterocycles. The number of carbonyl (C=O) groups excluding carboxylic acids is 3. The zero-order valence-corrected chi connectivity index (χ0v) is 19.5. The van der Waals surface area contributed by atoms with Crippen LogP contribution in [0.4, 0.5) is 22.7 Å². The van der Waals surface area contributed by atoms with Crippen molar-refractivity contribution in [1.82, 2.24) is 0 Å². The Labute approximate surface area is 194 Å². The van der Waals surface area contributed by atoms with Crippen molar-refractivity contribution in [3.63, 3.8) is 0 Å². The first-order valence-corrected chi connectivity index (χ1v) is 11.0. The van der Waals surface area contributed by atoms with Crippen LogP contribution in [0.1, 0.15) is 25.8 Å². The Morgan fingerprint density at radius 3 is 2.52 bits per heavy atom. The monoisotopic (exact) mass is 450 g/mol. The van der Waals surface area contributed by atoms with E-state index in [1.54, 1.807) is 18.2 Å². The molecule has 0 spiro atoms. The molecule has 0 unspecified atom stereocenters. The first-order valence-electron chi connectivity index (χ1n) is 11.0. The number of rotatable bonds is 8. The predicted octanol–water partition coefficient (Wildman–Crippen LogP) is 3.69. The van der Waals surface area contributed by atoms with Gasteiger partial charge in [0.2, 0.25) is 5.91 Å². The summed E-state index contributed by atoms with van der Waals surface area (Å²) in [5.41, 5.74) is 4.34. The fraction of sp³-hybridized carbons (Fsp3) is 0.320. The van der Waals surface area contributed by atoms with E-state index in [-0.39, 0.29) is 18.9 Å². The van der Waals surface area contributed by atoms with Crippen LogP contribution in [-0.4, -0.2) is 44.5 Å². The average molecular weight is 451 g/mol. The van der Waals surface area contributed by atoms with E-state index in [1.165, 1.54) is 18.1 Å². The largest absolute Gasteiger partial charge is 0.469 e. The van der Waals surface area contributed by atoms with Crippen LogP contribution >= 0.6 is 0 Å². The lowest BCUT2D eigenvalue weighted by atomic mass is 10.1. The molecule has 174 valence electrons. The van der Waals surface area contributed by atoms with E-state index in [0.29, 0.717) is 22.8 Å². The SMILES string of the molecule is CCN(CC)c1ccc(NC(=O)CN2C(=O)C=C(CC(=O)OC)Nc3ccccc32)c(C)c1. The number of anilines is 4. The van der Waals surface area contributed by atoms with Gasteiger partial charge in [-0.05, 0) is 56.7 Å². The number of hydrogen-bond donors (Lipinski definition) is 2. The maximum Gasteiger partial charge on any atom is 0.311 e. The zero-order chi connectivity index (χ0) is 24.0. The van der Waals surface area contributed by atoms with E-state index in [2.05, 4.69) is 29.4 Å². The van der Waals surface area contributed by atoms with Crippen molar-refractivity contribution in [3.05, 3.63) is 59.8 Å². The minimum atomic E-state index is -0.464. The van der Waals surface area contributed by atoms with Crippen molar-refractivity contribution in [3.8, 4) is 0 Å². The van der Waals surface area contributed by atoms with E-state index in [9.17, 15) is 14.4 Å². The molecule has 0 radical (unpaired) electrons. The maximum absolute atomic E-state index is 13.0. The molecule has 2 N–H and O–H groups in total. The molecular weight excluding hydrogens is 420 g/mol. The van der Waals surface area contributed by atoms with Crippen LogP contribution in [0.15, 0.2) is 54.2 Å². The zero-order valence-electron chi connectivity index (χ0n) is 19.5. The molecule has 1 aliphatic rings. The van der Waals surface area contributed by atoms with Gasteiger partial charge in [0.1, 0.15) is 6.54 Å². The third kappa shape index (κ3) is 5.71. The van der Waals surface area contributed by atoms with E-state index in [4.69, 9.17) is 4.74 Å². The Morgan fingerprint density at radius 1 is 1.12 bits per heavy atom. The number of fused-ring (bicyclic) bond motifs is 1. The summed E-state index contributed by atoms with van der Waals surface area (Å²) in [6, 6.07) is 13.1. The summed E-state index contributed by atoms with van der Waals surface area (Å²) in [5, 5.41) is 6.02. The topological polar surface area (TPSA) is 91.0 Å². The van der Waals surface area contributed by atoms with Gasteiger partial charge in [-0.3, -0.25) is 19.3 Å². The smallest absolute Gasteiger partial charge is 0.311 e. The summed E-state index contributed by atoms with van der Waals surface area (Å²) >= 11 is 0. The highest BCUT2D eigenvalue weighted by molar-refractivity contribution is 6.10. The Bertz CT molecular complexity index is 1080. The van der Waals surface area contributed by atoms with Crippen molar-refractivity contribution in [1.29, 1.82) is 0 Å². The van der Waals surface area contributed by atoms with Gasteiger partial charge in [0.15, 0.2) is 0 Å². The van der Waals surface area contributed by atoms with Gasteiger partial charge in [0, 0.05) is 36.2 Å². The summed E-state index contributed by atoms with van der Waals surface area (Å²) in [6.07, 6.45) is 1.25. The highest BCUT2D eigenvalue weighted by Crippen LogP contribution is 2.30. The summed E-state index contributed by atoms with van der Waals surface area (Å²) in [5.74, 6) is -1.18. The van der Waals surface area contributed by atoms with E-state index < -0.39 is 11.9 Å². The number of aryl methyl sites for hydroxylation is 1.